The molecule has 4 rings (SSSR count). The number of hydrogen-bond donors (Lipinski definition) is 2. The Kier molecular flexibility index (Phi) is 10.7. The first kappa shape index (κ1) is 34.5. The maximum atomic E-state index is 14.7. The van der Waals surface area contributed by atoms with Gasteiger partial charge in [0.05, 0.1) is 17.9 Å². The van der Waals surface area contributed by atoms with Gasteiger partial charge in [0.1, 0.15) is 18.0 Å². The van der Waals surface area contributed by atoms with E-state index >= 15 is 0 Å². The Balaban J connectivity index is 1.73. The van der Waals surface area contributed by atoms with Crippen LogP contribution in [-0.4, -0.2) is 61.1 Å². The normalized spacial score (nSPS) is 14.8. The second-order valence-corrected chi connectivity index (χ2v) is 20.1. The zero-order valence-corrected chi connectivity index (χ0v) is 28.3. The molecule has 2 heterocycles. The Labute approximate surface area is 267 Å². The molecule has 244 valence electrons. The van der Waals surface area contributed by atoms with Crippen molar-refractivity contribution in [3.8, 4) is 11.6 Å². The second kappa shape index (κ2) is 13.9. The number of aromatic nitrogens is 4. The predicted molar refractivity (Wildman–Crippen MR) is 171 cm³/mol. The number of sulfone groups is 1. The highest BCUT2D eigenvalue weighted by Crippen LogP contribution is 2.37. The Bertz CT molecular complexity index is 1640. The molecule has 0 bridgehead atoms. The number of carbonyl (C=O) groups excluding carboxylic acids is 1. The molecule has 1 aliphatic carbocycles. The van der Waals surface area contributed by atoms with Crippen LogP contribution in [0.1, 0.15) is 35.9 Å². The minimum Gasteiger partial charge on any atom is -0.438 e. The van der Waals surface area contributed by atoms with Crippen molar-refractivity contribution < 1.29 is 31.5 Å². The number of amides is 1. The molecule has 1 aliphatic rings. The zero-order chi connectivity index (χ0) is 33.0. The van der Waals surface area contributed by atoms with Crippen LogP contribution in [0.25, 0.3) is 0 Å². The predicted octanol–water partition coefficient (Wildman–Crippen LogP) is 6.35. The molecule has 0 saturated heterocycles. The molecule has 45 heavy (non-hydrogen) atoms. The molecule has 0 unspecified atom stereocenters. The number of hydrogen-bond acceptors (Lipinski definition) is 9. The highest BCUT2D eigenvalue weighted by atomic mass is 35.5. The molecule has 2 N–H and O–H groups in total. The highest BCUT2D eigenvalue weighted by Gasteiger charge is 2.36. The molecule has 2 aromatic heterocycles. The summed E-state index contributed by atoms with van der Waals surface area (Å²) in [6, 6.07) is 8.52. The van der Waals surface area contributed by atoms with Gasteiger partial charge in [-0.25, -0.2) is 18.1 Å². The number of anilines is 2. The lowest BCUT2D eigenvalue weighted by Gasteiger charge is -2.20. The summed E-state index contributed by atoms with van der Waals surface area (Å²) in [5, 5.41) is 10.9. The SMILES string of the molecule is CC(F)(F)c1nc(Nc2cn(COCC[Si](C)(C)C)nc2Cl)c(C(=O)N[C@H](/C=C/S(C)(=O)=O)C2CC2)c(Oc2ccccc2)n1. The summed E-state index contributed by atoms with van der Waals surface area (Å²) < 4.78 is 66.0. The monoisotopic (exact) mass is 682 g/mol. The number of para-hydroxylation sites is 1. The van der Waals surface area contributed by atoms with Gasteiger partial charge in [0, 0.05) is 33.3 Å². The summed E-state index contributed by atoms with van der Waals surface area (Å²) in [5.41, 5.74) is -0.120. The third kappa shape index (κ3) is 10.6. The third-order valence-corrected chi connectivity index (χ3v) is 9.24. The quantitative estimate of drug-likeness (QED) is 0.139. The Morgan fingerprint density at radius 2 is 1.91 bits per heavy atom. The fourth-order valence-corrected chi connectivity index (χ4v) is 5.45. The van der Waals surface area contributed by atoms with E-state index in [-0.39, 0.29) is 40.6 Å². The molecule has 1 amide bonds. The van der Waals surface area contributed by atoms with E-state index in [0.717, 1.165) is 30.5 Å². The number of ether oxygens (including phenoxy) is 2. The van der Waals surface area contributed by atoms with Gasteiger partial charge in [-0.05, 0) is 36.9 Å². The highest BCUT2D eigenvalue weighted by molar-refractivity contribution is 7.93. The van der Waals surface area contributed by atoms with Gasteiger partial charge in [0.15, 0.2) is 20.8 Å². The van der Waals surface area contributed by atoms with Crippen LogP contribution >= 0.6 is 11.6 Å². The van der Waals surface area contributed by atoms with E-state index in [1.54, 1.807) is 30.3 Å². The Hall–Kier alpha value is -3.40. The molecule has 1 saturated carbocycles. The van der Waals surface area contributed by atoms with Crippen molar-refractivity contribution in [2.45, 2.75) is 64.1 Å². The summed E-state index contributed by atoms with van der Waals surface area (Å²) in [6.07, 6.45) is 5.48. The number of nitrogens with one attached hydrogen (secondary N) is 2. The average molecular weight is 683 g/mol. The van der Waals surface area contributed by atoms with Gasteiger partial charge >= 0.3 is 5.92 Å². The number of halogens is 3. The smallest absolute Gasteiger partial charge is 0.304 e. The van der Waals surface area contributed by atoms with E-state index in [1.165, 1.54) is 17.0 Å². The maximum Gasteiger partial charge on any atom is 0.304 e. The van der Waals surface area contributed by atoms with Gasteiger partial charge in [-0.2, -0.15) is 18.9 Å². The first-order valence-electron chi connectivity index (χ1n) is 14.3. The minimum absolute atomic E-state index is 0.00403. The largest absolute Gasteiger partial charge is 0.438 e. The van der Waals surface area contributed by atoms with Crippen LogP contribution in [-0.2, 0) is 27.2 Å². The number of carbonyl (C=O) groups is 1. The Morgan fingerprint density at radius 3 is 2.51 bits per heavy atom. The lowest BCUT2D eigenvalue weighted by atomic mass is 10.1. The van der Waals surface area contributed by atoms with Gasteiger partial charge in [-0.15, -0.1) is 0 Å². The molecule has 0 radical (unpaired) electrons. The molecular formula is C29H37ClF2N6O5SSi. The molecular weight excluding hydrogens is 646 g/mol. The van der Waals surface area contributed by atoms with E-state index in [4.69, 9.17) is 21.1 Å². The van der Waals surface area contributed by atoms with Crippen molar-refractivity contribution in [2.24, 2.45) is 5.92 Å². The second-order valence-electron chi connectivity index (χ2n) is 12.2. The first-order chi connectivity index (χ1) is 21.0. The van der Waals surface area contributed by atoms with Gasteiger partial charge < -0.3 is 20.1 Å². The third-order valence-electron chi connectivity index (χ3n) is 6.60. The van der Waals surface area contributed by atoms with Crippen LogP contribution in [0.5, 0.6) is 11.6 Å². The van der Waals surface area contributed by atoms with Crippen molar-refractivity contribution in [3.05, 3.63) is 64.6 Å². The van der Waals surface area contributed by atoms with Crippen LogP contribution in [0.3, 0.4) is 0 Å². The van der Waals surface area contributed by atoms with Crippen molar-refractivity contribution >= 4 is 46.9 Å². The van der Waals surface area contributed by atoms with E-state index in [0.29, 0.717) is 13.5 Å². The fraction of sp³-hybridized carbons (Fsp3) is 0.448. The van der Waals surface area contributed by atoms with Crippen molar-refractivity contribution in [3.63, 3.8) is 0 Å². The maximum absolute atomic E-state index is 14.7. The molecule has 0 spiro atoms. The molecule has 1 fully saturated rings. The minimum atomic E-state index is -3.51. The molecule has 11 nitrogen and oxygen atoms in total. The lowest BCUT2D eigenvalue weighted by Crippen LogP contribution is -2.36. The number of nitrogens with zero attached hydrogens (tertiary/aromatic N) is 4. The summed E-state index contributed by atoms with van der Waals surface area (Å²) in [4.78, 5) is 21.9. The average Bonchev–Trinajstić information content (AvgIpc) is 3.71. The summed E-state index contributed by atoms with van der Waals surface area (Å²) >= 11 is 6.40. The van der Waals surface area contributed by atoms with Crippen LogP contribution in [0.15, 0.2) is 48.0 Å². The van der Waals surface area contributed by atoms with Crippen LogP contribution < -0.4 is 15.4 Å². The van der Waals surface area contributed by atoms with Gasteiger partial charge in [0.2, 0.25) is 11.7 Å². The standard InChI is InChI=1S/C29H37ClF2N6O5SSi/c1-29(31,32)28-35-25(33-22-17-38(37-24(22)30)18-42-14-16-45(3,4)5)23(27(36-28)43-20-9-7-6-8-10-20)26(39)34-21(19-11-12-19)13-15-44(2,40)41/h6-10,13,15,17,19,21H,11-12,14,16,18H2,1-5H3,(H,34,39)(H,33,35,36)/b15-13+/t21-/m1/s1. The van der Waals surface area contributed by atoms with Crippen LogP contribution in [0.4, 0.5) is 20.3 Å². The van der Waals surface area contributed by atoms with Gasteiger partial charge in [-0.3, -0.25) is 4.79 Å². The van der Waals surface area contributed by atoms with E-state index in [9.17, 15) is 22.0 Å². The molecule has 1 aromatic carbocycles. The Morgan fingerprint density at radius 1 is 1.22 bits per heavy atom. The summed E-state index contributed by atoms with van der Waals surface area (Å²) in [5.74, 6) is -5.70. The summed E-state index contributed by atoms with van der Waals surface area (Å²) in [7, 11) is -4.78. The van der Waals surface area contributed by atoms with Crippen LogP contribution in [0, 0.1) is 5.92 Å². The van der Waals surface area contributed by atoms with Gasteiger partial charge in [-0.1, -0.05) is 55.5 Å². The first-order valence-corrected chi connectivity index (χ1v) is 20.3. The number of alkyl halides is 2. The fourth-order valence-electron chi connectivity index (χ4n) is 4.05. The van der Waals surface area contributed by atoms with Crippen molar-refractivity contribution in [1.82, 2.24) is 25.1 Å². The number of benzene rings is 1. The van der Waals surface area contributed by atoms with E-state index in [2.05, 4.69) is 45.3 Å². The number of rotatable bonds is 15. The zero-order valence-electron chi connectivity index (χ0n) is 25.7. The summed E-state index contributed by atoms with van der Waals surface area (Å²) in [6.45, 7) is 7.96. The molecule has 1 atom stereocenters. The molecule has 0 aliphatic heterocycles. The van der Waals surface area contributed by atoms with Crippen molar-refractivity contribution in [2.75, 3.05) is 18.2 Å². The molecule has 3 aromatic rings. The van der Waals surface area contributed by atoms with Gasteiger partial charge in [0.25, 0.3) is 5.91 Å². The molecule has 16 heteroatoms. The topological polar surface area (TPSA) is 137 Å². The lowest BCUT2D eigenvalue weighted by molar-refractivity contribution is 0.00725. The van der Waals surface area contributed by atoms with E-state index in [1.807, 2.05) is 0 Å². The van der Waals surface area contributed by atoms with Crippen LogP contribution in [0.2, 0.25) is 30.8 Å². The van der Waals surface area contributed by atoms with E-state index < -0.39 is 47.5 Å². The van der Waals surface area contributed by atoms with Crippen molar-refractivity contribution in [1.29, 1.82) is 0 Å².